The number of carbonyl (C=O) groups is 1. The Bertz CT molecular complexity index is 273. The van der Waals surface area contributed by atoms with E-state index in [0.29, 0.717) is 12.0 Å². The highest BCUT2D eigenvalue weighted by Gasteiger charge is 2.26. The van der Waals surface area contributed by atoms with Crippen molar-refractivity contribution in [3.05, 3.63) is 0 Å². The van der Waals surface area contributed by atoms with E-state index in [4.69, 9.17) is 5.73 Å². The molecular weight excluding hydrogens is 238 g/mol. The van der Waals surface area contributed by atoms with Gasteiger partial charge in [0.15, 0.2) is 0 Å². The fraction of sp³-hybridized carbons (Fsp3) is 0.933. The molecule has 0 aliphatic heterocycles. The van der Waals surface area contributed by atoms with Crippen LogP contribution in [0.25, 0.3) is 0 Å². The first-order valence-corrected chi connectivity index (χ1v) is 7.63. The zero-order chi connectivity index (χ0) is 14.4. The van der Waals surface area contributed by atoms with Crippen molar-refractivity contribution < 1.29 is 4.79 Å². The molecule has 0 aromatic heterocycles. The van der Waals surface area contributed by atoms with Gasteiger partial charge in [-0.1, -0.05) is 33.1 Å². The highest BCUT2D eigenvalue weighted by atomic mass is 16.2. The zero-order valence-electron chi connectivity index (χ0n) is 13.0. The lowest BCUT2D eigenvalue weighted by atomic mass is 9.83. The first-order valence-electron chi connectivity index (χ1n) is 7.63. The molecule has 1 unspecified atom stereocenters. The van der Waals surface area contributed by atoms with Crippen LogP contribution in [0.3, 0.4) is 0 Å². The number of likely N-dealkylation sites (N-methyl/N-ethyl adjacent to an activating group) is 1. The minimum absolute atomic E-state index is 0.0161. The normalized spacial score (nSPS) is 20.6. The van der Waals surface area contributed by atoms with Crippen LogP contribution >= 0.6 is 0 Å². The van der Waals surface area contributed by atoms with E-state index in [1.807, 2.05) is 13.8 Å². The van der Waals surface area contributed by atoms with Crippen LogP contribution in [-0.4, -0.2) is 43.5 Å². The molecule has 0 aromatic carbocycles. The Labute approximate surface area is 118 Å². The van der Waals surface area contributed by atoms with Gasteiger partial charge in [0.2, 0.25) is 5.91 Å². The fourth-order valence-corrected chi connectivity index (χ4v) is 2.92. The van der Waals surface area contributed by atoms with Gasteiger partial charge in [-0.25, -0.2) is 0 Å². The van der Waals surface area contributed by atoms with Gasteiger partial charge in [0.05, 0.1) is 6.04 Å². The highest BCUT2D eigenvalue weighted by molar-refractivity contribution is 5.81. The van der Waals surface area contributed by atoms with Crippen LogP contribution in [-0.2, 0) is 4.79 Å². The van der Waals surface area contributed by atoms with Crippen molar-refractivity contribution in [1.82, 2.24) is 10.2 Å². The molecule has 0 radical (unpaired) electrons. The van der Waals surface area contributed by atoms with Crippen molar-refractivity contribution in [3.63, 3.8) is 0 Å². The second-order valence-corrected chi connectivity index (χ2v) is 6.44. The van der Waals surface area contributed by atoms with E-state index < -0.39 is 6.04 Å². The number of hydrogen-bond donors (Lipinski definition) is 2. The lowest BCUT2D eigenvalue weighted by molar-refractivity contribution is -0.123. The van der Waals surface area contributed by atoms with E-state index in [0.717, 1.165) is 6.54 Å². The van der Waals surface area contributed by atoms with E-state index in [9.17, 15) is 4.79 Å². The van der Waals surface area contributed by atoms with Crippen molar-refractivity contribution in [2.45, 2.75) is 58.0 Å². The Balaban J connectivity index is 2.47. The minimum atomic E-state index is -0.394. The predicted molar refractivity (Wildman–Crippen MR) is 79.9 cm³/mol. The number of rotatable bonds is 6. The second kappa shape index (κ2) is 7.85. The average molecular weight is 269 g/mol. The molecule has 4 nitrogen and oxygen atoms in total. The molecular formula is C15H31N3O. The number of nitrogens with one attached hydrogen (secondary N) is 1. The molecule has 3 N–H and O–H groups in total. The Hall–Kier alpha value is -0.610. The van der Waals surface area contributed by atoms with Crippen molar-refractivity contribution >= 4 is 5.91 Å². The minimum Gasteiger partial charge on any atom is -0.353 e. The summed E-state index contributed by atoms with van der Waals surface area (Å²) in [7, 11) is 4.21. The van der Waals surface area contributed by atoms with E-state index >= 15 is 0 Å². The maximum Gasteiger partial charge on any atom is 0.237 e. The van der Waals surface area contributed by atoms with Gasteiger partial charge in [0, 0.05) is 12.6 Å². The number of nitrogens with zero attached hydrogens (tertiary/aromatic N) is 1. The summed E-state index contributed by atoms with van der Waals surface area (Å²) in [6.07, 6.45) is 6.59. The van der Waals surface area contributed by atoms with Crippen LogP contribution in [0.2, 0.25) is 0 Å². The number of carbonyl (C=O) groups excluding carboxylic acids is 1. The van der Waals surface area contributed by atoms with E-state index in [-0.39, 0.29) is 11.8 Å². The molecule has 4 heteroatoms. The molecule has 0 saturated heterocycles. The van der Waals surface area contributed by atoms with Gasteiger partial charge < -0.3 is 16.0 Å². The van der Waals surface area contributed by atoms with E-state index in [2.05, 4.69) is 24.3 Å². The fourth-order valence-electron chi connectivity index (χ4n) is 2.92. The molecule has 1 amide bonds. The number of nitrogens with two attached hydrogens (primary N) is 1. The van der Waals surface area contributed by atoms with E-state index in [1.165, 1.54) is 32.1 Å². The van der Waals surface area contributed by atoms with Gasteiger partial charge in [-0.3, -0.25) is 4.79 Å². The van der Waals surface area contributed by atoms with Crippen LogP contribution in [0, 0.1) is 11.8 Å². The van der Waals surface area contributed by atoms with Crippen molar-refractivity contribution in [1.29, 1.82) is 0 Å². The van der Waals surface area contributed by atoms with Gasteiger partial charge in [-0.2, -0.15) is 0 Å². The summed E-state index contributed by atoms with van der Waals surface area (Å²) >= 11 is 0. The Morgan fingerprint density at radius 2 is 1.84 bits per heavy atom. The summed E-state index contributed by atoms with van der Waals surface area (Å²) in [6, 6.07) is 0.0396. The van der Waals surface area contributed by atoms with Crippen molar-refractivity contribution in [2.24, 2.45) is 17.6 Å². The van der Waals surface area contributed by atoms with Gasteiger partial charge in [-0.15, -0.1) is 0 Å². The third-order valence-corrected chi connectivity index (χ3v) is 4.36. The Kier molecular flexibility index (Phi) is 6.80. The monoisotopic (exact) mass is 269 g/mol. The largest absolute Gasteiger partial charge is 0.353 e. The molecule has 1 fully saturated rings. The summed E-state index contributed by atoms with van der Waals surface area (Å²) in [6.45, 7) is 4.68. The highest BCUT2D eigenvalue weighted by Crippen LogP contribution is 2.28. The number of amides is 1. The van der Waals surface area contributed by atoms with Crippen LogP contribution in [0.5, 0.6) is 0 Å². The summed E-state index contributed by atoms with van der Waals surface area (Å²) in [5.41, 5.74) is 5.88. The van der Waals surface area contributed by atoms with Crippen LogP contribution < -0.4 is 11.1 Å². The molecule has 0 aromatic rings. The first kappa shape index (κ1) is 16.4. The summed E-state index contributed by atoms with van der Waals surface area (Å²) in [5.74, 6) is 0.879. The predicted octanol–water partition coefficient (Wildman–Crippen LogP) is 1.60. The maximum absolute atomic E-state index is 11.9. The molecule has 1 rings (SSSR count). The molecule has 1 aliphatic carbocycles. The molecule has 112 valence electrons. The summed E-state index contributed by atoms with van der Waals surface area (Å²) in [5, 5.41) is 3.04. The molecule has 1 aliphatic rings. The average Bonchev–Trinajstić information content (AvgIpc) is 2.38. The lowest BCUT2D eigenvalue weighted by Crippen LogP contribution is -2.50. The molecule has 0 spiro atoms. The van der Waals surface area contributed by atoms with E-state index in [1.54, 1.807) is 0 Å². The molecule has 19 heavy (non-hydrogen) atoms. The summed E-state index contributed by atoms with van der Waals surface area (Å²) < 4.78 is 0. The van der Waals surface area contributed by atoms with Gasteiger partial charge >= 0.3 is 0 Å². The van der Waals surface area contributed by atoms with Crippen LogP contribution in [0.1, 0.15) is 46.0 Å². The Morgan fingerprint density at radius 1 is 1.26 bits per heavy atom. The van der Waals surface area contributed by atoms with Crippen molar-refractivity contribution in [2.75, 3.05) is 20.6 Å². The molecule has 0 bridgehead atoms. The van der Waals surface area contributed by atoms with Gasteiger partial charge in [0.25, 0.3) is 0 Å². The quantitative estimate of drug-likeness (QED) is 0.770. The van der Waals surface area contributed by atoms with Crippen LogP contribution in [0.15, 0.2) is 0 Å². The molecule has 2 atom stereocenters. The smallest absolute Gasteiger partial charge is 0.237 e. The molecule has 0 heterocycles. The second-order valence-electron chi connectivity index (χ2n) is 6.44. The first-order chi connectivity index (χ1) is 8.93. The van der Waals surface area contributed by atoms with Gasteiger partial charge in [-0.05, 0) is 38.8 Å². The molecule has 1 saturated carbocycles. The summed E-state index contributed by atoms with van der Waals surface area (Å²) in [4.78, 5) is 14.2. The lowest BCUT2D eigenvalue weighted by Gasteiger charge is -2.35. The zero-order valence-corrected chi connectivity index (χ0v) is 13.0. The standard InChI is InChI=1S/C15H31N3O/c1-11(2)14(16)15(19)17-10-13(18(3)4)12-8-6-5-7-9-12/h11-14H,5-10,16H2,1-4H3,(H,17,19)/t13?,14-/m0/s1. The van der Waals surface area contributed by atoms with Crippen molar-refractivity contribution in [3.8, 4) is 0 Å². The Morgan fingerprint density at radius 3 is 2.32 bits per heavy atom. The van der Waals surface area contributed by atoms with Gasteiger partial charge in [0.1, 0.15) is 0 Å². The van der Waals surface area contributed by atoms with Crippen LogP contribution in [0.4, 0.5) is 0 Å². The maximum atomic E-state index is 11.9. The third kappa shape index (κ3) is 5.11. The SMILES string of the molecule is CC(C)[C@H](N)C(=O)NCC(C1CCCCC1)N(C)C. The third-order valence-electron chi connectivity index (χ3n) is 4.36. The number of hydrogen-bond acceptors (Lipinski definition) is 3. The topological polar surface area (TPSA) is 58.4 Å².